The Balaban J connectivity index is 2.98. The average molecular weight is 431 g/mol. The molecule has 1 amide bonds. The highest BCUT2D eigenvalue weighted by atomic mass is 127. The molecular weight excluding hydrogens is 409 g/mol. The Bertz CT molecular complexity index is 593. The number of anilines is 1. The molecule has 0 aliphatic rings. The maximum Gasteiger partial charge on any atom is 0.415 e. The van der Waals surface area contributed by atoms with Gasteiger partial charge in [-0.05, 0) is 61.1 Å². The number of para-hydroxylation sites is 1. The van der Waals surface area contributed by atoms with Crippen molar-refractivity contribution in [2.75, 3.05) is 18.1 Å². The van der Waals surface area contributed by atoms with Crippen LogP contribution in [0, 0.1) is 3.57 Å². The quantitative estimate of drug-likeness (QED) is 0.399. The Labute approximate surface area is 150 Å². The molecule has 0 N–H and O–H groups in total. The molecule has 0 aliphatic heterocycles. The number of hydrogen-bond acceptors (Lipinski definition) is 4. The van der Waals surface area contributed by atoms with E-state index in [2.05, 4.69) is 29.2 Å². The number of hydrogen-bond donors (Lipinski definition) is 0. The van der Waals surface area contributed by atoms with Gasteiger partial charge < -0.3 is 9.47 Å². The number of rotatable bonds is 5. The minimum Gasteiger partial charge on any atom is -0.461 e. The molecule has 5 nitrogen and oxygen atoms in total. The van der Waals surface area contributed by atoms with Crippen LogP contribution in [-0.2, 0) is 14.3 Å². The molecule has 0 aromatic heterocycles. The van der Waals surface area contributed by atoms with Gasteiger partial charge in [-0.1, -0.05) is 18.7 Å². The van der Waals surface area contributed by atoms with Gasteiger partial charge in [0, 0.05) is 10.5 Å². The van der Waals surface area contributed by atoms with E-state index in [1.54, 1.807) is 0 Å². The van der Waals surface area contributed by atoms with Crippen molar-refractivity contribution < 1.29 is 19.1 Å². The van der Waals surface area contributed by atoms with Crippen molar-refractivity contribution in [3.05, 3.63) is 40.0 Å². The Morgan fingerprint density at radius 3 is 2.39 bits per heavy atom. The molecule has 1 aromatic rings. The third-order valence-electron chi connectivity index (χ3n) is 2.62. The van der Waals surface area contributed by atoms with Crippen LogP contribution >= 0.6 is 22.6 Å². The summed E-state index contributed by atoms with van der Waals surface area (Å²) in [4.78, 5) is 24.9. The Kier molecular flexibility index (Phi) is 7.05. The van der Waals surface area contributed by atoms with Crippen molar-refractivity contribution in [2.24, 2.45) is 0 Å². The number of amides is 1. The summed E-state index contributed by atoms with van der Waals surface area (Å²) in [6.07, 6.45) is -0.467. The molecule has 126 valence electrons. The highest BCUT2D eigenvalue weighted by molar-refractivity contribution is 14.1. The maximum atomic E-state index is 12.5. The summed E-state index contributed by atoms with van der Waals surface area (Å²) < 4.78 is 11.3. The maximum absolute atomic E-state index is 12.5. The van der Waals surface area contributed by atoms with Crippen LogP contribution in [0.3, 0.4) is 0 Å². The molecule has 1 aromatic carbocycles. The van der Waals surface area contributed by atoms with E-state index in [4.69, 9.17) is 9.47 Å². The fraction of sp³-hybridized carbons (Fsp3) is 0.412. The van der Waals surface area contributed by atoms with Crippen molar-refractivity contribution in [1.29, 1.82) is 0 Å². The number of esters is 1. The van der Waals surface area contributed by atoms with Crippen molar-refractivity contribution in [3.8, 4) is 0 Å². The first-order valence-electron chi connectivity index (χ1n) is 7.15. The smallest absolute Gasteiger partial charge is 0.415 e. The van der Waals surface area contributed by atoms with E-state index in [-0.39, 0.29) is 19.1 Å². The molecule has 0 saturated carbocycles. The zero-order valence-corrected chi connectivity index (χ0v) is 16.0. The lowest BCUT2D eigenvalue weighted by Gasteiger charge is -2.28. The van der Waals surface area contributed by atoms with E-state index >= 15 is 0 Å². The molecule has 1 rings (SSSR count). The lowest BCUT2D eigenvalue weighted by atomic mass is 10.2. The molecule has 0 saturated heterocycles. The van der Waals surface area contributed by atoms with Crippen molar-refractivity contribution in [3.63, 3.8) is 0 Å². The summed E-state index contributed by atoms with van der Waals surface area (Å²) in [5.41, 5.74) is 0.726. The second-order valence-electron chi connectivity index (χ2n) is 6.05. The fourth-order valence-electron chi connectivity index (χ4n) is 1.71. The summed E-state index contributed by atoms with van der Waals surface area (Å²) >= 11 is 2.16. The van der Waals surface area contributed by atoms with Crippen LogP contribution in [0.5, 0.6) is 0 Å². The summed E-state index contributed by atoms with van der Waals surface area (Å²) in [5, 5.41) is 0. The standard InChI is InChI=1S/C17H22INO4/c1-12(11-22-13(2)20)10-19(16(21)23-17(3,4)5)15-9-7-6-8-14(15)18/h6-9H,1,10-11H2,2-5H3. The first kappa shape index (κ1) is 19.5. The number of halogens is 1. The van der Waals surface area contributed by atoms with Gasteiger partial charge in [0.25, 0.3) is 0 Å². The van der Waals surface area contributed by atoms with Gasteiger partial charge in [0.15, 0.2) is 0 Å². The van der Waals surface area contributed by atoms with Gasteiger partial charge in [-0.25, -0.2) is 4.79 Å². The number of carbonyl (C=O) groups is 2. The highest BCUT2D eigenvalue weighted by Crippen LogP contribution is 2.25. The minimum atomic E-state index is -0.604. The predicted octanol–water partition coefficient (Wildman–Crippen LogP) is 4.15. The molecule has 0 spiro atoms. The van der Waals surface area contributed by atoms with E-state index in [1.165, 1.54) is 11.8 Å². The normalized spacial score (nSPS) is 10.8. The zero-order chi connectivity index (χ0) is 17.6. The van der Waals surface area contributed by atoms with Crippen LogP contribution in [0.4, 0.5) is 10.5 Å². The van der Waals surface area contributed by atoms with Gasteiger partial charge in [0.2, 0.25) is 0 Å². The monoisotopic (exact) mass is 431 g/mol. The van der Waals surface area contributed by atoms with Crippen LogP contribution in [0.1, 0.15) is 27.7 Å². The molecule has 0 bridgehead atoms. The predicted molar refractivity (Wildman–Crippen MR) is 98.5 cm³/mol. The fourth-order valence-corrected chi connectivity index (χ4v) is 2.39. The van der Waals surface area contributed by atoms with Gasteiger partial charge in [-0.15, -0.1) is 0 Å². The van der Waals surface area contributed by atoms with Crippen molar-refractivity contribution in [2.45, 2.75) is 33.3 Å². The van der Waals surface area contributed by atoms with Crippen molar-refractivity contribution in [1.82, 2.24) is 0 Å². The average Bonchev–Trinajstić information content (AvgIpc) is 2.41. The number of ether oxygens (including phenoxy) is 2. The SMILES string of the molecule is C=C(COC(C)=O)CN(C(=O)OC(C)(C)C)c1ccccc1I. The third-order valence-corrected chi connectivity index (χ3v) is 3.53. The van der Waals surface area contributed by atoms with E-state index in [0.29, 0.717) is 5.57 Å². The van der Waals surface area contributed by atoms with Crippen LogP contribution in [0.25, 0.3) is 0 Å². The summed E-state index contributed by atoms with van der Waals surface area (Å²) in [7, 11) is 0. The topological polar surface area (TPSA) is 55.8 Å². The Hall–Kier alpha value is -1.57. The summed E-state index contributed by atoms with van der Waals surface area (Å²) in [6, 6.07) is 7.49. The van der Waals surface area contributed by atoms with E-state index < -0.39 is 11.7 Å². The molecule has 0 heterocycles. The van der Waals surface area contributed by atoms with Crippen LogP contribution in [0.15, 0.2) is 36.4 Å². The first-order valence-corrected chi connectivity index (χ1v) is 8.23. The molecular formula is C17H22INO4. The van der Waals surface area contributed by atoms with Gasteiger partial charge in [0.1, 0.15) is 12.2 Å². The molecule has 0 fully saturated rings. The zero-order valence-electron chi connectivity index (χ0n) is 13.9. The Morgan fingerprint density at radius 2 is 1.87 bits per heavy atom. The van der Waals surface area contributed by atoms with E-state index in [1.807, 2.05) is 45.0 Å². The summed E-state index contributed by atoms with van der Waals surface area (Å²) in [5.74, 6) is -0.385. The summed E-state index contributed by atoms with van der Waals surface area (Å²) in [6.45, 7) is 10.9. The van der Waals surface area contributed by atoms with Gasteiger partial charge in [0.05, 0.1) is 12.2 Å². The molecule has 0 atom stereocenters. The van der Waals surface area contributed by atoms with E-state index in [0.717, 1.165) is 9.26 Å². The molecule has 6 heteroatoms. The number of nitrogens with zero attached hydrogens (tertiary/aromatic N) is 1. The molecule has 0 unspecified atom stereocenters. The minimum absolute atomic E-state index is 0.0675. The molecule has 0 aliphatic carbocycles. The molecule has 0 radical (unpaired) electrons. The highest BCUT2D eigenvalue weighted by Gasteiger charge is 2.25. The number of carbonyl (C=O) groups excluding carboxylic acids is 2. The first-order chi connectivity index (χ1) is 10.6. The second kappa shape index (κ2) is 8.33. The van der Waals surface area contributed by atoms with Crippen molar-refractivity contribution >= 4 is 40.3 Å². The van der Waals surface area contributed by atoms with Crippen LogP contribution in [0.2, 0.25) is 0 Å². The number of benzene rings is 1. The lowest BCUT2D eigenvalue weighted by Crippen LogP contribution is -2.38. The van der Waals surface area contributed by atoms with Gasteiger partial charge in [-0.2, -0.15) is 0 Å². The lowest BCUT2D eigenvalue weighted by molar-refractivity contribution is -0.139. The van der Waals surface area contributed by atoms with Gasteiger partial charge >= 0.3 is 12.1 Å². The van der Waals surface area contributed by atoms with E-state index in [9.17, 15) is 9.59 Å². The third kappa shape index (κ3) is 7.02. The van der Waals surface area contributed by atoms with Crippen LogP contribution in [-0.4, -0.2) is 30.8 Å². The molecule has 23 heavy (non-hydrogen) atoms. The largest absolute Gasteiger partial charge is 0.461 e. The second-order valence-corrected chi connectivity index (χ2v) is 7.21. The van der Waals surface area contributed by atoms with Gasteiger partial charge in [-0.3, -0.25) is 9.69 Å². The van der Waals surface area contributed by atoms with Crippen LogP contribution < -0.4 is 4.90 Å². The Morgan fingerprint density at radius 1 is 1.26 bits per heavy atom.